The molecule has 0 radical (unpaired) electrons. The van der Waals surface area contributed by atoms with Crippen LogP contribution >= 0.6 is 0 Å². The molecule has 8 nitrogen and oxygen atoms in total. The van der Waals surface area contributed by atoms with Gasteiger partial charge < -0.3 is 15.0 Å². The first-order valence-electron chi connectivity index (χ1n) is 7.36. The van der Waals surface area contributed by atoms with Crippen molar-refractivity contribution in [1.29, 1.82) is 0 Å². The van der Waals surface area contributed by atoms with Crippen molar-refractivity contribution < 1.29 is 14.3 Å². The lowest BCUT2D eigenvalue weighted by atomic mass is 9.93. The number of carbonyl (C=O) groups excluding carboxylic acids is 2. The summed E-state index contributed by atoms with van der Waals surface area (Å²) in [5.74, 6) is 0.00928. The molecule has 2 aliphatic heterocycles. The van der Waals surface area contributed by atoms with Gasteiger partial charge in [0.15, 0.2) is 0 Å². The maximum Gasteiger partial charge on any atom is 0.407 e. The third-order valence-electron chi connectivity index (χ3n) is 4.09. The van der Waals surface area contributed by atoms with Crippen LogP contribution in [-0.2, 0) is 16.0 Å². The van der Waals surface area contributed by atoms with Crippen molar-refractivity contribution in [1.82, 2.24) is 20.4 Å². The van der Waals surface area contributed by atoms with Crippen LogP contribution in [0.2, 0.25) is 0 Å². The number of ether oxygens (including phenoxy) is 1. The summed E-state index contributed by atoms with van der Waals surface area (Å²) in [7, 11) is 0. The number of piperidine rings is 1. The van der Waals surface area contributed by atoms with Gasteiger partial charge in [-0.3, -0.25) is 9.59 Å². The van der Waals surface area contributed by atoms with Crippen LogP contribution in [-0.4, -0.2) is 52.3 Å². The van der Waals surface area contributed by atoms with Crippen LogP contribution < -0.4 is 10.9 Å². The Balaban J connectivity index is 1.56. The molecule has 0 saturated carbocycles. The third-order valence-corrected chi connectivity index (χ3v) is 4.09. The molecule has 1 spiro atoms. The number of alkyl carbamates (subject to hydrolysis) is 1. The maximum atomic E-state index is 12.3. The highest BCUT2D eigenvalue weighted by atomic mass is 16.6. The Bertz CT molecular complexity index is 623. The fraction of sp³-hybridized carbons (Fsp3) is 0.571. The second-order valence-corrected chi connectivity index (χ2v) is 5.76. The topological polar surface area (TPSA) is 104 Å². The van der Waals surface area contributed by atoms with Gasteiger partial charge in [-0.25, -0.2) is 9.89 Å². The van der Waals surface area contributed by atoms with Gasteiger partial charge in [0, 0.05) is 25.5 Å². The summed E-state index contributed by atoms with van der Waals surface area (Å²) in [5.41, 5.74) is -0.154. The second kappa shape index (κ2) is 5.78. The Hall–Kier alpha value is -2.38. The van der Waals surface area contributed by atoms with Crippen LogP contribution in [0, 0.1) is 0 Å². The smallest absolute Gasteiger partial charge is 0.407 e. The Morgan fingerprint density at radius 1 is 1.41 bits per heavy atom. The Kier molecular flexibility index (Phi) is 3.82. The van der Waals surface area contributed by atoms with Crippen molar-refractivity contribution in [3.8, 4) is 0 Å². The van der Waals surface area contributed by atoms with E-state index < -0.39 is 11.7 Å². The van der Waals surface area contributed by atoms with Gasteiger partial charge >= 0.3 is 6.09 Å². The molecule has 0 bridgehead atoms. The molecule has 118 valence electrons. The number of carbonyl (C=O) groups is 2. The molecular formula is C14H18N4O4. The molecule has 2 aliphatic rings. The van der Waals surface area contributed by atoms with Crippen LogP contribution in [0.1, 0.15) is 25.0 Å². The molecule has 2 fully saturated rings. The van der Waals surface area contributed by atoms with E-state index in [1.807, 2.05) is 0 Å². The molecule has 0 aliphatic carbocycles. The molecule has 2 amide bonds. The average Bonchev–Trinajstić information content (AvgIpc) is 2.86. The number of likely N-dealkylation sites (tertiary alicyclic amines) is 1. The van der Waals surface area contributed by atoms with E-state index in [2.05, 4.69) is 15.5 Å². The van der Waals surface area contributed by atoms with E-state index in [1.54, 1.807) is 11.0 Å². The summed E-state index contributed by atoms with van der Waals surface area (Å²) in [6, 6.07) is 3.01. The molecule has 0 unspecified atom stereocenters. The quantitative estimate of drug-likeness (QED) is 0.805. The van der Waals surface area contributed by atoms with E-state index in [0.717, 1.165) is 12.8 Å². The molecule has 0 aromatic carbocycles. The summed E-state index contributed by atoms with van der Waals surface area (Å²) >= 11 is 0. The normalized spacial score (nSPS) is 24.2. The molecule has 1 atom stereocenters. The summed E-state index contributed by atoms with van der Waals surface area (Å²) in [4.78, 5) is 36.3. The maximum absolute atomic E-state index is 12.3. The molecule has 22 heavy (non-hydrogen) atoms. The van der Waals surface area contributed by atoms with Crippen LogP contribution in [0.5, 0.6) is 0 Å². The Morgan fingerprint density at radius 3 is 2.95 bits per heavy atom. The lowest BCUT2D eigenvalue weighted by molar-refractivity contribution is -0.136. The zero-order chi connectivity index (χ0) is 15.6. The number of aromatic nitrogens is 2. The lowest BCUT2D eigenvalue weighted by Crippen LogP contribution is -2.52. The highest BCUT2D eigenvalue weighted by Crippen LogP contribution is 2.28. The SMILES string of the molecule is O=C1NC[C@@]2(CCCN(C(=O)CCc3ccc(=O)[nH]n3)C2)O1. The summed E-state index contributed by atoms with van der Waals surface area (Å²) in [6.07, 6.45) is 1.97. The Morgan fingerprint density at radius 2 is 2.27 bits per heavy atom. The molecule has 2 N–H and O–H groups in total. The van der Waals surface area contributed by atoms with Crippen LogP contribution in [0.25, 0.3) is 0 Å². The molecule has 3 rings (SSSR count). The fourth-order valence-corrected chi connectivity index (χ4v) is 2.95. The third kappa shape index (κ3) is 3.10. The molecule has 1 aromatic heterocycles. The number of rotatable bonds is 3. The average molecular weight is 306 g/mol. The molecule has 1 aromatic rings. The minimum absolute atomic E-state index is 0.00928. The number of hydrogen-bond acceptors (Lipinski definition) is 5. The van der Waals surface area contributed by atoms with E-state index >= 15 is 0 Å². The van der Waals surface area contributed by atoms with Crippen molar-refractivity contribution in [2.75, 3.05) is 19.6 Å². The van der Waals surface area contributed by atoms with Gasteiger partial charge in [-0.1, -0.05) is 0 Å². The zero-order valence-electron chi connectivity index (χ0n) is 12.1. The van der Waals surface area contributed by atoms with Crippen molar-refractivity contribution >= 4 is 12.0 Å². The van der Waals surface area contributed by atoms with Gasteiger partial charge in [-0.2, -0.15) is 5.10 Å². The predicted molar refractivity (Wildman–Crippen MR) is 76.2 cm³/mol. The summed E-state index contributed by atoms with van der Waals surface area (Å²) < 4.78 is 5.35. The first-order valence-corrected chi connectivity index (χ1v) is 7.36. The minimum atomic E-state index is -0.568. The predicted octanol–water partition coefficient (Wildman–Crippen LogP) is -0.196. The number of aryl methyl sites for hydroxylation is 1. The van der Waals surface area contributed by atoms with E-state index in [-0.39, 0.29) is 11.5 Å². The largest absolute Gasteiger partial charge is 0.439 e. The zero-order valence-corrected chi connectivity index (χ0v) is 12.1. The Labute approximate surface area is 126 Å². The van der Waals surface area contributed by atoms with Crippen LogP contribution in [0.3, 0.4) is 0 Å². The van der Waals surface area contributed by atoms with E-state index in [4.69, 9.17) is 4.74 Å². The lowest BCUT2D eigenvalue weighted by Gasteiger charge is -2.38. The number of H-pyrrole nitrogens is 1. The summed E-state index contributed by atoms with van der Waals surface area (Å²) in [6.45, 7) is 1.57. The van der Waals surface area contributed by atoms with Gasteiger partial charge in [0.25, 0.3) is 5.56 Å². The van der Waals surface area contributed by atoms with Crippen molar-refractivity contribution in [3.05, 3.63) is 28.2 Å². The fourth-order valence-electron chi connectivity index (χ4n) is 2.95. The standard InChI is InChI=1S/C14H18N4O4/c19-11-4-2-10(16-17-11)3-5-12(20)18-7-1-6-14(9-18)8-15-13(21)22-14/h2,4H,1,3,5-9H2,(H,15,21)(H,17,19)/t14-/m1/s1. The van der Waals surface area contributed by atoms with E-state index in [0.29, 0.717) is 38.2 Å². The molecule has 2 saturated heterocycles. The number of nitrogens with one attached hydrogen (secondary N) is 2. The highest BCUT2D eigenvalue weighted by molar-refractivity contribution is 5.77. The van der Waals surface area contributed by atoms with Gasteiger partial charge in [0.05, 0.1) is 18.8 Å². The molecule has 3 heterocycles. The number of nitrogens with zero attached hydrogens (tertiary/aromatic N) is 2. The van der Waals surface area contributed by atoms with E-state index in [1.165, 1.54) is 6.07 Å². The van der Waals surface area contributed by atoms with Gasteiger partial charge in [0.1, 0.15) is 5.60 Å². The van der Waals surface area contributed by atoms with Crippen LogP contribution in [0.15, 0.2) is 16.9 Å². The second-order valence-electron chi connectivity index (χ2n) is 5.76. The monoisotopic (exact) mass is 306 g/mol. The van der Waals surface area contributed by atoms with Crippen molar-refractivity contribution in [3.63, 3.8) is 0 Å². The van der Waals surface area contributed by atoms with Crippen molar-refractivity contribution in [2.24, 2.45) is 0 Å². The van der Waals surface area contributed by atoms with Gasteiger partial charge in [-0.15, -0.1) is 0 Å². The molecular weight excluding hydrogens is 288 g/mol. The van der Waals surface area contributed by atoms with E-state index in [9.17, 15) is 14.4 Å². The number of hydrogen-bond donors (Lipinski definition) is 2. The minimum Gasteiger partial charge on any atom is -0.439 e. The first kappa shape index (κ1) is 14.6. The number of amides is 2. The van der Waals surface area contributed by atoms with Crippen molar-refractivity contribution in [2.45, 2.75) is 31.3 Å². The summed E-state index contributed by atoms with van der Waals surface area (Å²) in [5, 5.41) is 8.90. The first-order chi connectivity index (χ1) is 10.6. The van der Waals surface area contributed by atoms with Gasteiger partial charge in [0.2, 0.25) is 5.91 Å². The van der Waals surface area contributed by atoms with Crippen LogP contribution in [0.4, 0.5) is 4.79 Å². The number of aromatic amines is 1. The molecule has 8 heteroatoms. The highest BCUT2D eigenvalue weighted by Gasteiger charge is 2.44. The van der Waals surface area contributed by atoms with Gasteiger partial charge in [-0.05, 0) is 18.9 Å².